The molecule has 22 heavy (non-hydrogen) atoms. The maximum Gasteiger partial charge on any atom is 0.274 e. The largest absolute Gasteiger partial charge is 0.361 e. The fraction of sp³-hybridized carbons (Fsp3) is 0.467. The Morgan fingerprint density at radius 3 is 2.82 bits per heavy atom. The fourth-order valence-corrected chi connectivity index (χ4v) is 2.69. The quantitative estimate of drug-likeness (QED) is 0.852. The Bertz CT molecular complexity index is 622. The van der Waals surface area contributed by atoms with Gasteiger partial charge in [0.1, 0.15) is 0 Å². The number of anilines is 1. The van der Waals surface area contributed by atoms with E-state index >= 15 is 0 Å². The summed E-state index contributed by atoms with van der Waals surface area (Å²) in [5, 5.41) is 12.4. The number of piperidine rings is 1. The first-order valence-electron chi connectivity index (χ1n) is 7.44. The van der Waals surface area contributed by atoms with Crippen molar-refractivity contribution < 1.29 is 4.79 Å². The van der Waals surface area contributed by atoms with Crippen LogP contribution in [0.25, 0.3) is 0 Å². The van der Waals surface area contributed by atoms with E-state index in [-0.39, 0.29) is 11.9 Å². The van der Waals surface area contributed by atoms with Crippen molar-refractivity contribution in [3.8, 4) is 0 Å². The molecule has 7 heteroatoms. The van der Waals surface area contributed by atoms with Crippen molar-refractivity contribution in [2.45, 2.75) is 18.9 Å². The lowest BCUT2D eigenvalue weighted by molar-refractivity contribution is 0.0666. The molecule has 1 fully saturated rings. The van der Waals surface area contributed by atoms with E-state index in [0.717, 1.165) is 25.2 Å². The summed E-state index contributed by atoms with van der Waals surface area (Å²) in [5.74, 6) is 0.680. The summed E-state index contributed by atoms with van der Waals surface area (Å²) in [6.07, 6.45) is 5.73. The molecule has 3 rings (SSSR count). The zero-order valence-electron chi connectivity index (χ0n) is 12.9. The molecule has 2 aromatic heterocycles. The van der Waals surface area contributed by atoms with Gasteiger partial charge in [0.2, 0.25) is 0 Å². The van der Waals surface area contributed by atoms with E-state index in [1.807, 2.05) is 46.9 Å². The molecule has 7 nitrogen and oxygen atoms in total. The van der Waals surface area contributed by atoms with Gasteiger partial charge in [0.15, 0.2) is 11.5 Å². The SMILES string of the molecule is CN(C)c1ccc(C(=O)N2CCC[C@@H](n3cccn3)C2)nn1. The van der Waals surface area contributed by atoms with Crippen LogP contribution in [0.4, 0.5) is 5.82 Å². The molecule has 1 atom stereocenters. The molecule has 0 unspecified atom stereocenters. The predicted molar refractivity (Wildman–Crippen MR) is 82.8 cm³/mol. The Kier molecular flexibility index (Phi) is 4.04. The zero-order chi connectivity index (χ0) is 15.5. The first kappa shape index (κ1) is 14.5. The Balaban J connectivity index is 1.71. The van der Waals surface area contributed by atoms with E-state index in [1.54, 1.807) is 12.3 Å². The van der Waals surface area contributed by atoms with Crippen LogP contribution in [0.5, 0.6) is 0 Å². The number of likely N-dealkylation sites (tertiary alicyclic amines) is 1. The Morgan fingerprint density at radius 1 is 1.32 bits per heavy atom. The summed E-state index contributed by atoms with van der Waals surface area (Å²) in [7, 11) is 3.79. The lowest BCUT2D eigenvalue weighted by Crippen LogP contribution is -2.41. The van der Waals surface area contributed by atoms with E-state index in [0.29, 0.717) is 12.2 Å². The first-order valence-corrected chi connectivity index (χ1v) is 7.44. The topological polar surface area (TPSA) is 67.2 Å². The Hall–Kier alpha value is -2.44. The van der Waals surface area contributed by atoms with Crippen molar-refractivity contribution in [1.82, 2.24) is 24.9 Å². The second-order valence-electron chi connectivity index (χ2n) is 5.70. The predicted octanol–water partition coefficient (Wildman–Crippen LogP) is 1.22. The molecule has 0 aliphatic carbocycles. The smallest absolute Gasteiger partial charge is 0.274 e. The normalized spacial score (nSPS) is 18.3. The van der Waals surface area contributed by atoms with Crippen molar-refractivity contribution in [2.24, 2.45) is 0 Å². The number of hydrogen-bond donors (Lipinski definition) is 0. The fourth-order valence-electron chi connectivity index (χ4n) is 2.69. The third-order valence-corrected chi connectivity index (χ3v) is 3.91. The van der Waals surface area contributed by atoms with Gasteiger partial charge in [-0.05, 0) is 31.0 Å². The summed E-state index contributed by atoms with van der Waals surface area (Å²) < 4.78 is 1.93. The molecule has 1 saturated heterocycles. The monoisotopic (exact) mass is 300 g/mol. The number of hydrogen-bond acceptors (Lipinski definition) is 5. The maximum absolute atomic E-state index is 12.6. The van der Waals surface area contributed by atoms with Gasteiger partial charge < -0.3 is 9.80 Å². The molecule has 0 bridgehead atoms. The molecule has 0 saturated carbocycles. The van der Waals surface area contributed by atoms with Gasteiger partial charge in [-0.3, -0.25) is 9.48 Å². The summed E-state index contributed by atoms with van der Waals surface area (Å²) in [5.41, 5.74) is 0.395. The van der Waals surface area contributed by atoms with Crippen LogP contribution in [0, 0.1) is 0 Å². The van der Waals surface area contributed by atoms with E-state index < -0.39 is 0 Å². The third kappa shape index (κ3) is 2.93. The van der Waals surface area contributed by atoms with Crippen LogP contribution in [0.2, 0.25) is 0 Å². The van der Waals surface area contributed by atoms with E-state index in [4.69, 9.17) is 0 Å². The molecule has 1 aliphatic rings. The van der Waals surface area contributed by atoms with Gasteiger partial charge in [-0.2, -0.15) is 5.10 Å². The molecule has 3 heterocycles. The third-order valence-electron chi connectivity index (χ3n) is 3.91. The van der Waals surface area contributed by atoms with Crippen molar-refractivity contribution in [1.29, 1.82) is 0 Å². The van der Waals surface area contributed by atoms with Crippen molar-refractivity contribution in [2.75, 3.05) is 32.1 Å². The van der Waals surface area contributed by atoms with Crippen LogP contribution in [0.3, 0.4) is 0 Å². The zero-order valence-corrected chi connectivity index (χ0v) is 12.9. The lowest BCUT2D eigenvalue weighted by Gasteiger charge is -2.32. The number of amides is 1. The van der Waals surface area contributed by atoms with Gasteiger partial charge in [-0.25, -0.2) is 0 Å². The molecule has 1 aliphatic heterocycles. The van der Waals surface area contributed by atoms with E-state index in [9.17, 15) is 4.79 Å². The average molecular weight is 300 g/mol. The summed E-state index contributed by atoms with van der Waals surface area (Å²) in [6, 6.07) is 5.70. The second-order valence-corrected chi connectivity index (χ2v) is 5.70. The standard InChI is InChI=1S/C15H20N6O/c1-19(2)14-7-6-13(17-18-14)15(22)20-9-3-5-12(11-20)21-10-4-8-16-21/h4,6-8,10,12H,3,5,9,11H2,1-2H3/t12-/m1/s1. The Labute approximate surface area is 129 Å². The van der Waals surface area contributed by atoms with Gasteiger partial charge in [0.05, 0.1) is 6.04 Å². The van der Waals surface area contributed by atoms with Crippen LogP contribution in [-0.4, -0.2) is 58.0 Å². The van der Waals surface area contributed by atoms with Gasteiger partial charge in [0.25, 0.3) is 5.91 Å². The first-order chi connectivity index (χ1) is 10.6. The summed E-state index contributed by atoms with van der Waals surface area (Å²) in [4.78, 5) is 16.3. The minimum atomic E-state index is -0.0605. The second kappa shape index (κ2) is 6.13. The van der Waals surface area contributed by atoms with Crippen LogP contribution in [-0.2, 0) is 0 Å². The van der Waals surface area contributed by atoms with Gasteiger partial charge in [-0.1, -0.05) is 0 Å². The number of aromatic nitrogens is 4. The van der Waals surface area contributed by atoms with Crippen molar-refractivity contribution in [3.63, 3.8) is 0 Å². The number of nitrogens with zero attached hydrogens (tertiary/aromatic N) is 6. The van der Waals surface area contributed by atoms with Crippen LogP contribution >= 0.6 is 0 Å². The van der Waals surface area contributed by atoms with Gasteiger partial charge >= 0.3 is 0 Å². The molecule has 0 aromatic carbocycles. The molecule has 116 valence electrons. The molecular weight excluding hydrogens is 280 g/mol. The lowest BCUT2D eigenvalue weighted by atomic mass is 10.1. The minimum Gasteiger partial charge on any atom is -0.361 e. The highest BCUT2D eigenvalue weighted by molar-refractivity contribution is 5.92. The van der Waals surface area contributed by atoms with E-state index in [2.05, 4.69) is 15.3 Å². The van der Waals surface area contributed by atoms with Crippen LogP contribution in [0.1, 0.15) is 29.4 Å². The van der Waals surface area contributed by atoms with E-state index in [1.165, 1.54) is 0 Å². The van der Waals surface area contributed by atoms with Gasteiger partial charge in [-0.15, -0.1) is 10.2 Å². The molecule has 1 amide bonds. The Morgan fingerprint density at radius 2 is 2.18 bits per heavy atom. The number of rotatable bonds is 3. The average Bonchev–Trinajstić information content (AvgIpc) is 3.09. The summed E-state index contributed by atoms with van der Waals surface area (Å²) >= 11 is 0. The van der Waals surface area contributed by atoms with Crippen molar-refractivity contribution in [3.05, 3.63) is 36.3 Å². The molecule has 0 radical (unpaired) electrons. The molecule has 2 aromatic rings. The molecule has 0 N–H and O–H groups in total. The highest BCUT2D eigenvalue weighted by atomic mass is 16.2. The van der Waals surface area contributed by atoms with Crippen molar-refractivity contribution >= 4 is 11.7 Å². The molecule has 0 spiro atoms. The highest BCUT2D eigenvalue weighted by Gasteiger charge is 2.26. The van der Waals surface area contributed by atoms with Crippen LogP contribution < -0.4 is 4.90 Å². The van der Waals surface area contributed by atoms with Crippen LogP contribution in [0.15, 0.2) is 30.6 Å². The molecular formula is C15H20N6O. The minimum absolute atomic E-state index is 0.0605. The maximum atomic E-state index is 12.6. The summed E-state index contributed by atoms with van der Waals surface area (Å²) in [6.45, 7) is 1.42. The highest BCUT2D eigenvalue weighted by Crippen LogP contribution is 2.21. The number of carbonyl (C=O) groups excluding carboxylic acids is 1. The number of carbonyl (C=O) groups is 1. The van der Waals surface area contributed by atoms with Gasteiger partial charge in [0, 0.05) is 39.6 Å².